The Bertz CT molecular complexity index is 486. The van der Waals surface area contributed by atoms with Gasteiger partial charge in [-0.05, 0) is 24.5 Å². The molecule has 0 aliphatic carbocycles. The normalized spacial score (nSPS) is 11.2. The lowest BCUT2D eigenvalue weighted by Crippen LogP contribution is -2.40. The first-order valence-electron chi connectivity index (χ1n) is 6.53. The number of urea groups is 1. The van der Waals surface area contributed by atoms with Crippen molar-refractivity contribution in [1.29, 1.82) is 0 Å². The van der Waals surface area contributed by atoms with Crippen LogP contribution in [0.3, 0.4) is 0 Å². The van der Waals surface area contributed by atoms with Crippen LogP contribution in [-0.4, -0.2) is 32.3 Å². The summed E-state index contributed by atoms with van der Waals surface area (Å²) in [6, 6.07) is 5.51. The van der Waals surface area contributed by atoms with Crippen LogP contribution in [0.1, 0.15) is 18.1 Å². The lowest BCUT2D eigenvalue weighted by atomic mass is 10.1. The van der Waals surface area contributed by atoms with E-state index in [1.165, 1.54) is 0 Å². The van der Waals surface area contributed by atoms with Crippen molar-refractivity contribution < 1.29 is 9.53 Å². The number of hydrogen-bond donors (Lipinski definition) is 3. The summed E-state index contributed by atoms with van der Waals surface area (Å²) >= 11 is 0. The molecule has 1 rings (SSSR count). The smallest absolute Gasteiger partial charge is 0.326 e. The lowest BCUT2D eigenvalue weighted by Gasteiger charge is -2.13. The first kappa shape index (κ1) is 16.0. The topological polar surface area (TPSA) is 88.7 Å². The molecule has 20 heavy (non-hydrogen) atoms. The van der Waals surface area contributed by atoms with Crippen molar-refractivity contribution >= 4 is 17.7 Å². The molecule has 110 valence electrons. The van der Waals surface area contributed by atoms with E-state index < -0.39 is 6.03 Å². The molecule has 0 aliphatic rings. The minimum atomic E-state index is -0.396. The highest BCUT2D eigenvalue weighted by Crippen LogP contribution is 2.20. The molecule has 0 radical (unpaired) electrons. The summed E-state index contributed by atoms with van der Waals surface area (Å²) in [4.78, 5) is 15.8. The minimum absolute atomic E-state index is 0.0752. The fourth-order valence-electron chi connectivity index (χ4n) is 1.76. The Kier molecular flexibility index (Phi) is 6.52. The molecule has 1 aromatic rings. The van der Waals surface area contributed by atoms with E-state index in [0.717, 1.165) is 23.2 Å². The second-order valence-electron chi connectivity index (χ2n) is 4.30. The first-order chi connectivity index (χ1) is 9.58. The number of hydrogen-bond acceptors (Lipinski definition) is 3. The molecule has 6 heteroatoms. The molecule has 0 atom stereocenters. The van der Waals surface area contributed by atoms with Gasteiger partial charge in [-0.15, -0.1) is 0 Å². The van der Waals surface area contributed by atoms with E-state index >= 15 is 0 Å². The Labute approximate surface area is 119 Å². The van der Waals surface area contributed by atoms with Crippen LogP contribution >= 0.6 is 0 Å². The molecule has 1 aromatic carbocycles. The molecular weight excluding hydrogens is 256 g/mol. The third-order valence-corrected chi connectivity index (χ3v) is 2.80. The van der Waals surface area contributed by atoms with Gasteiger partial charge in [0, 0.05) is 12.8 Å². The van der Waals surface area contributed by atoms with Crippen molar-refractivity contribution in [3.8, 4) is 0 Å². The van der Waals surface area contributed by atoms with Crippen LogP contribution in [0.5, 0.6) is 0 Å². The van der Waals surface area contributed by atoms with Gasteiger partial charge in [-0.25, -0.2) is 4.79 Å². The Hall–Kier alpha value is -2.08. The zero-order valence-corrected chi connectivity index (χ0v) is 12.2. The van der Waals surface area contributed by atoms with Gasteiger partial charge in [0.05, 0.1) is 13.2 Å². The van der Waals surface area contributed by atoms with E-state index in [0.29, 0.717) is 13.2 Å². The van der Waals surface area contributed by atoms with Crippen LogP contribution in [0.15, 0.2) is 23.2 Å². The maximum atomic E-state index is 11.9. The number of para-hydroxylation sites is 1. The molecule has 0 heterocycles. The standard InChI is InChI=1S/C14H22N4O2/c1-4-11-7-5-6-10(2)12(11)17-14(19)18-13(15)16-8-9-20-3/h5-7H,4,8-9H2,1-3H3,(H4,15,16,17,18,19). The SMILES string of the molecule is CCc1cccc(C)c1NC(=O)NC(N)=NCCOC. The summed E-state index contributed by atoms with van der Waals surface area (Å²) < 4.78 is 4.85. The van der Waals surface area contributed by atoms with Crippen molar-refractivity contribution in [2.75, 3.05) is 25.6 Å². The monoisotopic (exact) mass is 278 g/mol. The minimum Gasteiger partial charge on any atom is -0.383 e. The highest BCUT2D eigenvalue weighted by Gasteiger charge is 2.08. The summed E-state index contributed by atoms with van der Waals surface area (Å²) in [6.45, 7) is 4.86. The van der Waals surface area contributed by atoms with Gasteiger partial charge >= 0.3 is 6.03 Å². The number of aliphatic imine (C=N–C) groups is 1. The average Bonchev–Trinajstić information content (AvgIpc) is 2.41. The van der Waals surface area contributed by atoms with E-state index in [9.17, 15) is 4.79 Å². The van der Waals surface area contributed by atoms with Gasteiger partial charge in [0.2, 0.25) is 0 Å². The average molecular weight is 278 g/mol. The molecule has 0 fully saturated rings. The summed E-state index contributed by atoms with van der Waals surface area (Å²) in [7, 11) is 1.58. The number of rotatable bonds is 5. The van der Waals surface area contributed by atoms with E-state index in [1.54, 1.807) is 7.11 Å². The predicted molar refractivity (Wildman–Crippen MR) is 81.1 cm³/mol. The number of anilines is 1. The number of carbonyl (C=O) groups is 1. The molecule has 6 nitrogen and oxygen atoms in total. The van der Waals surface area contributed by atoms with Gasteiger partial charge in [0.15, 0.2) is 5.96 Å². The fraction of sp³-hybridized carbons (Fsp3) is 0.429. The molecule has 0 aromatic heterocycles. The Balaban J connectivity index is 2.65. The quantitative estimate of drug-likeness (QED) is 0.434. The third-order valence-electron chi connectivity index (χ3n) is 2.80. The second-order valence-corrected chi connectivity index (χ2v) is 4.30. The molecule has 0 aliphatic heterocycles. The molecule has 0 spiro atoms. The van der Waals surface area contributed by atoms with Crippen LogP contribution in [0, 0.1) is 6.92 Å². The van der Waals surface area contributed by atoms with E-state index in [1.807, 2.05) is 32.0 Å². The maximum absolute atomic E-state index is 11.9. The van der Waals surface area contributed by atoms with Crippen molar-refractivity contribution in [2.24, 2.45) is 10.7 Å². The number of methoxy groups -OCH3 is 1. The van der Waals surface area contributed by atoms with Crippen LogP contribution in [0.4, 0.5) is 10.5 Å². The Morgan fingerprint density at radius 1 is 1.45 bits per heavy atom. The van der Waals surface area contributed by atoms with Gasteiger partial charge in [0.1, 0.15) is 0 Å². The number of nitrogens with two attached hydrogens (primary N) is 1. The maximum Gasteiger partial charge on any atom is 0.326 e. The molecule has 0 bridgehead atoms. The van der Waals surface area contributed by atoms with Crippen molar-refractivity contribution in [2.45, 2.75) is 20.3 Å². The van der Waals surface area contributed by atoms with Crippen LogP contribution in [0.2, 0.25) is 0 Å². The number of guanidine groups is 1. The number of amides is 2. The Morgan fingerprint density at radius 3 is 2.85 bits per heavy atom. The highest BCUT2D eigenvalue weighted by molar-refractivity contribution is 6.02. The first-order valence-corrected chi connectivity index (χ1v) is 6.53. The molecule has 0 saturated heterocycles. The van der Waals surface area contributed by atoms with Crippen LogP contribution < -0.4 is 16.4 Å². The molecule has 4 N–H and O–H groups in total. The largest absolute Gasteiger partial charge is 0.383 e. The van der Waals surface area contributed by atoms with Gasteiger partial charge in [-0.3, -0.25) is 10.3 Å². The number of aryl methyl sites for hydroxylation is 2. The predicted octanol–water partition coefficient (Wildman–Crippen LogP) is 1.64. The number of nitrogens with zero attached hydrogens (tertiary/aromatic N) is 1. The Morgan fingerprint density at radius 2 is 2.20 bits per heavy atom. The van der Waals surface area contributed by atoms with Crippen LogP contribution in [-0.2, 0) is 11.2 Å². The molecule has 0 unspecified atom stereocenters. The summed E-state index contributed by atoms with van der Waals surface area (Å²) in [6.07, 6.45) is 0.842. The summed E-state index contributed by atoms with van der Waals surface area (Å²) in [5.74, 6) is 0.0752. The fourth-order valence-corrected chi connectivity index (χ4v) is 1.76. The van der Waals surface area contributed by atoms with E-state index in [2.05, 4.69) is 15.6 Å². The lowest BCUT2D eigenvalue weighted by molar-refractivity contribution is 0.208. The van der Waals surface area contributed by atoms with Gasteiger partial charge in [0.25, 0.3) is 0 Å². The van der Waals surface area contributed by atoms with Crippen molar-refractivity contribution in [3.63, 3.8) is 0 Å². The number of carbonyl (C=O) groups excluding carboxylic acids is 1. The number of ether oxygens (including phenoxy) is 1. The zero-order chi connectivity index (χ0) is 15.0. The highest BCUT2D eigenvalue weighted by atomic mass is 16.5. The van der Waals surface area contributed by atoms with Crippen molar-refractivity contribution in [1.82, 2.24) is 5.32 Å². The molecular formula is C14H22N4O2. The number of benzene rings is 1. The molecule has 2 amide bonds. The second kappa shape index (κ2) is 8.16. The summed E-state index contributed by atoms with van der Waals surface area (Å²) in [5.41, 5.74) is 8.50. The summed E-state index contributed by atoms with van der Waals surface area (Å²) in [5, 5.41) is 5.30. The molecule has 0 saturated carbocycles. The number of nitrogens with one attached hydrogen (secondary N) is 2. The third kappa shape index (κ3) is 4.89. The van der Waals surface area contributed by atoms with E-state index in [4.69, 9.17) is 10.5 Å². The van der Waals surface area contributed by atoms with Gasteiger partial charge < -0.3 is 15.8 Å². The van der Waals surface area contributed by atoms with Gasteiger partial charge in [-0.1, -0.05) is 25.1 Å². The van der Waals surface area contributed by atoms with Crippen molar-refractivity contribution in [3.05, 3.63) is 29.3 Å². The van der Waals surface area contributed by atoms with Crippen LogP contribution in [0.25, 0.3) is 0 Å². The zero-order valence-electron chi connectivity index (χ0n) is 12.2. The van der Waals surface area contributed by atoms with E-state index in [-0.39, 0.29) is 5.96 Å². The van der Waals surface area contributed by atoms with Gasteiger partial charge in [-0.2, -0.15) is 0 Å².